The van der Waals surface area contributed by atoms with E-state index in [1.807, 2.05) is 12.2 Å². The summed E-state index contributed by atoms with van der Waals surface area (Å²) in [4.78, 5) is 56.9. The van der Waals surface area contributed by atoms with Crippen molar-refractivity contribution in [3.05, 3.63) is 98.1 Å². The van der Waals surface area contributed by atoms with Crippen LogP contribution in [0.2, 0.25) is 0 Å². The molecule has 240 valence electrons. The Balaban J connectivity index is 1.01. The van der Waals surface area contributed by atoms with Crippen molar-refractivity contribution in [2.75, 3.05) is 9.80 Å². The lowest BCUT2D eigenvalue weighted by Crippen LogP contribution is -2.35. The summed E-state index contributed by atoms with van der Waals surface area (Å²) < 4.78 is 27.2. The van der Waals surface area contributed by atoms with Gasteiger partial charge in [0.15, 0.2) is 0 Å². The summed E-state index contributed by atoms with van der Waals surface area (Å²) in [5.74, 6) is -2.46. The van der Waals surface area contributed by atoms with Gasteiger partial charge in [-0.3, -0.25) is 29.0 Å². The van der Waals surface area contributed by atoms with E-state index in [2.05, 4.69) is 37.5 Å². The zero-order valence-corrected chi connectivity index (χ0v) is 26.8. The van der Waals surface area contributed by atoms with Gasteiger partial charge in [-0.2, -0.15) is 0 Å². The average molecular weight is 649 g/mol. The van der Waals surface area contributed by atoms with Crippen LogP contribution in [0, 0.1) is 46.3 Å². The molecule has 0 N–H and O–H groups in total. The van der Waals surface area contributed by atoms with Gasteiger partial charge in [-0.25, -0.2) is 8.42 Å². The highest BCUT2D eigenvalue weighted by Crippen LogP contribution is 2.63. The Morgan fingerprint density at radius 1 is 0.638 bits per heavy atom. The van der Waals surface area contributed by atoms with Crippen LogP contribution in [0.3, 0.4) is 0 Å². The molecule has 2 heterocycles. The molecule has 2 aromatic carbocycles. The quantitative estimate of drug-likeness (QED) is 0.238. The molecule has 47 heavy (non-hydrogen) atoms. The Morgan fingerprint density at radius 3 is 1.38 bits per heavy atom. The lowest BCUT2D eigenvalue weighted by molar-refractivity contribution is -0.125. The zero-order valence-electron chi connectivity index (χ0n) is 26.0. The molecule has 8 nitrogen and oxygen atoms in total. The van der Waals surface area contributed by atoms with Crippen molar-refractivity contribution in [2.45, 2.75) is 48.3 Å². The SMILES string of the molecule is C=CCCC12C=CC(C1)C1C(=O)N(c3ccc(S(=O)(=O)c4ccc(N5C(=O)C6C7C=CC(CCC=C)(C7)C6C5=O)cc4)cc3)C(=O)C12. The lowest BCUT2D eigenvalue weighted by Gasteiger charge is -2.30. The maximum Gasteiger partial charge on any atom is 0.238 e. The van der Waals surface area contributed by atoms with Crippen LogP contribution >= 0.6 is 0 Å². The molecule has 4 bridgehead atoms. The average Bonchev–Trinajstić information content (AvgIpc) is 3.91. The summed E-state index contributed by atoms with van der Waals surface area (Å²) >= 11 is 0. The first-order valence-corrected chi connectivity index (χ1v) is 17.9. The van der Waals surface area contributed by atoms with Crippen molar-refractivity contribution in [2.24, 2.45) is 46.3 Å². The standard InChI is InChI=1S/C38H36N2O6S/c1-3-5-17-37-19-15-23(21-37)29-31(37)35(43)39(33(29)41)25-7-11-27(12-8-25)47(45,46)28-13-9-26(10-14-28)40-34(42)30-24-16-20-38(22-24,18-6-4-2)32(30)36(40)44/h3-4,7-16,19-20,23-24,29-32H,1-2,5-6,17-18,21-22H2. The van der Waals surface area contributed by atoms with Crippen molar-refractivity contribution in [1.29, 1.82) is 0 Å². The summed E-state index contributed by atoms with van der Waals surface area (Å²) in [7, 11) is -3.97. The number of anilines is 2. The molecule has 8 atom stereocenters. The second-order valence-corrected chi connectivity index (χ2v) is 16.0. The van der Waals surface area contributed by atoms with Crippen LogP contribution in [0.1, 0.15) is 38.5 Å². The van der Waals surface area contributed by atoms with E-state index in [1.165, 1.54) is 58.3 Å². The molecule has 2 saturated heterocycles. The normalized spacial score (nSPS) is 34.6. The van der Waals surface area contributed by atoms with Crippen LogP contribution in [0.15, 0.2) is 108 Å². The molecule has 6 aliphatic rings. The minimum atomic E-state index is -3.97. The van der Waals surface area contributed by atoms with Gasteiger partial charge in [0.1, 0.15) is 0 Å². The maximum atomic E-state index is 13.7. The smallest absolute Gasteiger partial charge is 0.238 e. The van der Waals surface area contributed by atoms with Crippen LogP contribution in [-0.4, -0.2) is 32.0 Å². The lowest BCUT2D eigenvalue weighted by atomic mass is 9.72. The fourth-order valence-electron chi connectivity index (χ4n) is 9.81. The van der Waals surface area contributed by atoms with E-state index in [0.29, 0.717) is 11.4 Å². The van der Waals surface area contributed by atoms with Gasteiger partial charge in [0, 0.05) is 10.8 Å². The van der Waals surface area contributed by atoms with Crippen LogP contribution in [0.25, 0.3) is 0 Å². The Bertz CT molecular complexity index is 1790. The molecule has 2 aliphatic heterocycles. The molecule has 0 spiro atoms. The summed E-state index contributed by atoms with van der Waals surface area (Å²) in [6.45, 7) is 7.64. The summed E-state index contributed by atoms with van der Waals surface area (Å²) in [5.41, 5.74) is 0.0284. The Kier molecular flexibility index (Phi) is 6.58. The molecule has 9 heteroatoms. The van der Waals surface area contributed by atoms with E-state index in [0.717, 1.165) is 38.5 Å². The van der Waals surface area contributed by atoms with Gasteiger partial charge in [-0.1, -0.05) is 36.5 Å². The van der Waals surface area contributed by atoms with Gasteiger partial charge in [0.25, 0.3) is 0 Å². The zero-order chi connectivity index (χ0) is 32.9. The number of imide groups is 2. The van der Waals surface area contributed by atoms with Crippen LogP contribution in [0.4, 0.5) is 11.4 Å². The number of nitrogens with zero attached hydrogens (tertiary/aromatic N) is 2. The molecule has 8 unspecified atom stereocenters. The largest absolute Gasteiger partial charge is 0.274 e. The summed E-state index contributed by atoms with van der Waals surface area (Å²) in [6, 6.07) is 11.7. The number of benzene rings is 2. The number of rotatable bonds is 10. The molecule has 4 amide bonds. The topological polar surface area (TPSA) is 109 Å². The predicted molar refractivity (Wildman–Crippen MR) is 176 cm³/mol. The molecular weight excluding hydrogens is 612 g/mol. The van der Waals surface area contributed by atoms with E-state index < -0.39 is 33.5 Å². The van der Waals surface area contributed by atoms with Gasteiger partial charge in [0.2, 0.25) is 33.5 Å². The van der Waals surface area contributed by atoms with Gasteiger partial charge < -0.3 is 0 Å². The molecule has 8 rings (SSSR count). The Labute approximate surface area is 274 Å². The summed E-state index contributed by atoms with van der Waals surface area (Å²) in [5, 5.41) is 0. The number of sulfone groups is 1. The van der Waals surface area contributed by atoms with E-state index in [9.17, 15) is 27.6 Å². The minimum Gasteiger partial charge on any atom is -0.274 e. The Morgan fingerprint density at radius 2 is 1.02 bits per heavy atom. The molecule has 4 fully saturated rings. The minimum absolute atomic E-state index is 0.00662. The number of allylic oxidation sites excluding steroid dienone is 6. The first kappa shape index (κ1) is 30.0. The fourth-order valence-corrected chi connectivity index (χ4v) is 11.1. The van der Waals surface area contributed by atoms with Crippen LogP contribution in [-0.2, 0) is 29.0 Å². The predicted octanol–water partition coefficient (Wildman–Crippen LogP) is 5.82. The number of fused-ring (bicyclic) bond motifs is 10. The first-order chi connectivity index (χ1) is 22.6. The number of hydrogen-bond donors (Lipinski definition) is 0. The first-order valence-electron chi connectivity index (χ1n) is 16.4. The number of hydrogen-bond acceptors (Lipinski definition) is 6. The number of amides is 4. The molecule has 0 radical (unpaired) electrons. The third kappa shape index (κ3) is 4.01. The van der Waals surface area contributed by atoms with E-state index in [1.54, 1.807) is 0 Å². The number of carbonyl (C=O) groups excluding carboxylic acids is 4. The second-order valence-electron chi connectivity index (χ2n) is 14.1. The van der Waals surface area contributed by atoms with E-state index >= 15 is 0 Å². The highest BCUT2D eigenvalue weighted by molar-refractivity contribution is 7.91. The van der Waals surface area contributed by atoms with Gasteiger partial charge >= 0.3 is 0 Å². The molecule has 2 aromatic rings. The van der Waals surface area contributed by atoms with Crippen molar-refractivity contribution in [1.82, 2.24) is 0 Å². The van der Waals surface area contributed by atoms with Gasteiger partial charge in [-0.15, -0.1) is 13.2 Å². The summed E-state index contributed by atoms with van der Waals surface area (Å²) in [6.07, 6.45) is 16.7. The molecule has 0 aromatic heterocycles. The van der Waals surface area contributed by atoms with Crippen molar-refractivity contribution in [3.63, 3.8) is 0 Å². The third-order valence-corrected chi connectivity index (χ3v) is 13.7. The third-order valence-electron chi connectivity index (χ3n) is 11.9. The van der Waals surface area contributed by atoms with E-state index in [4.69, 9.17) is 0 Å². The fraction of sp³-hybridized carbons (Fsp3) is 0.368. The van der Waals surface area contributed by atoms with Gasteiger partial charge in [0.05, 0.1) is 44.8 Å². The molecular formula is C38H36N2O6S. The monoisotopic (exact) mass is 648 g/mol. The van der Waals surface area contributed by atoms with Crippen molar-refractivity contribution in [3.8, 4) is 0 Å². The van der Waals surface area contributed by atoms with Crippen molar-refractivity contribution < 1.29 is 27.6 Å². The Hall–Kier alpha value is -4.37. The molecule has 2 saturated carbocycles. The highest BCUT2D eigenvalue weighted by Gasteiger charge is 2.67. The number of carbonyl (C=O) groups is 4. The maximum absolute atomic E-state index is 13.7. The van der Waals surface area contributed by atoms with Gasteiger partial charge in [-0.05, 0) is 98.9 Å². The van der Waals surface area contributed by atoms with E-state index in [-0.39, 0.29) is 56.1 Å². The second kappa shape index (κ2) is 10.3. The van der Waals surface area contributed by atoms with Crippen LogP contribution in [0.5, 0.6) is 0 Å². The van der Waals surface area contributed by atoms with Crippen LogP contribution < -0.4 is 9.80 Å². The van der Waals surface area contributed by atoms with Crippen molar-refractivity contribution >= 4 is 44.8 Å². The molecule has 4 aliphatic carbocycles. The highest BCUT2D eigenvalue weighted by atomic mass is 32.2.